The summed E-state index contributed by atoms with van der Waals surface area (Å²) in [6, 6.07) is 12.6. The molecular formula is C16H22N2. The van der Waals surface area contributed by atoms with Crippen LogP contribution in [0.5, 0.6) is 0 Å². The number of rotatable bonds is 3. The van der Waals surface area contributed by atoms with E-state index in [-0.39, 0.29) is 5.92 Å². The molecule has 2 rings (SSSR count). The van der Waals surface area contributed by atoms with Crippen molar-refractivity contribution in [1.82, 2.24) is 4.90 Å². The fourth-order valence-corrected chi connectivity index (χ4v) is 2.68. The highest BCUT2D eigenvalue weighted by Crippen LogP contribution is 2.25. The lowest BCUT2D eigenvalue weighted by molar-refractivity contribution is 0.136. The normalized spacial score (nSPS) is 26.5. The standard InChI is InChI=1S/C16H22N2/c1-13-8-9-18(11-14(13)2)12-16(10-17)15-6-4-3-5-7-15/h3-7,13-14,16H,8-9,11-12H2,1-2H3. The average molecular weight is 242 g/mol. The van der Waals surface area contributed by atoms with Crippen molar-refractivity contribution in [1.29, 1.82) is 5.26 Å². The summed E-state index contributed by atoms with van der Waals surface area (Å²) in [5, 5.41) is 9.35. The summed E-state index contributed by atoms with van der Waals surface area (Å²) in [5.74, 6) is 1.57. The van der Waals surface area contributed by atoms with Crippen molar-refractivity contribution in [2.45, 2.75) is 26.2 Å². The molecule has 2 nitrogen and oxygen atoms in total. The van der Waals surface area contributed by atoms with Gasteiger partial charge in [0.1, 0.15) is 0 Å². The van der Waals surface area contributed by atoms with Gasteiger partial charge in [-0.3, -0.25) is 0 Å². The quantitative estimate of drug-likeness (QED) is 0.813. The largest absolute Gasteiger partial charge is 0.301 e. The SMILES string of the molecule is CC1CCN(CC(C#N)c2ccccc2)CC1C. The Hall–Kier alpha value is -1.33. The third-order valence-electron chi connectivity index (χ3n) is 4.22. The molecule has 0 saturated carbocycles. The van der Waals surface area contributed by atoms with Crippen LogP contribution in [0.15, 0.2) is 30.3 Å². The summed E-state index contributed by atoms with van der Waals surface area (Å²) in [7, 11) is 0. The van der Waals surface area contributed by atoms with E-state index >= 15 is 0 Å². The topological polar surface area (TPSA) is 27.0 Å². The zero-order valence-corrected chi connectivity index (χ0v) is 11.3. The van der Waals surface area contributed by atoms with E-state index < -0.39 is 0 Å². The van der Waals surface area contributed by atoms with E-state index in [0.29, 0.717) is 0 Å². The summed E-state index contributed by atoms with van der Waals surface area (Å²) in [6.07, 6.45) is 1.26. The number of likely N-dealkylation sites (tertiary alicyclic amines) is 1. The van der Waals surface area contributed by atoms with Crippen LogP contribution in [0.3, 0.4) is 0 Å². The maximum Gasteiger partial charge on any atom is 0.0839 e. The molecule has 3 atom stereocenters. The number of nitrogens with zero attached hydrogens (tertiary/aromatic N) is 2. The van der Waals surface area contributed by atoms with Gasteiger partial charge in [0.2, 0.25) is 0 Å². The maximum absolute atomic E-state index is 9.35. The lowest BCUT2D eigenvalue weighted by atomic mass is 9.88. The van der Waals surface area contributed by atoms with Gasteiger partial charge >= 0.3 is 0 Å². The molecule has 2 heteroatoms. The summed E-state index contributed by atoms with van der Waals surface area (Å²) in [5.41, 5.74) is 1.14. The van der Waals surface area contributed by atoms with Crippen LogP contribution >= 0.6 is 0 Å². The summed E-state index contributed by atoms with van der Waals surface area (Å²) in [4.78, 5) is 2.45. The number of benzene rings is 1. The van der Waals surface area contributed by atoms with E-state index in [1.165, 1.54) is 6.42 Å². The van der Waals surface area contributed by atoms with Crippen LogP contribution in [0, 0.1) is 23.2 Å². The van der Waals surface area contributed by atoms with Gasteiger partial charge in [-0.1, -0.05) is 44.2 Å². The van der Waals surface area contributed by atoms with Gasteiger partial charge in [-0.25, -0.2) is 0 Å². The molecule has 0 spiro atoms. The predicted octanol–water partition coefficient (Wildman–Crippen LogP) is 3.27. The number of piperidine rings is 1. The van der Waals surface area contributed by atoms with E-state index in [9.17, 15) is 5.26 Å². The third-order valence-corrected chi connectivity index (χ3v) is 4.22. The molecule has 1 aliphatic heterocycles. The van der Waals surface area contributed by atoms with E-state index in [1.54, 1.807) is 0 Å². The highest BCUT2D eigenvalue weighted by molar-refractivity contribution is 5.25. The lowest BCUT2D eigenvalue weighted by Crippen LogP contribution is -2.40. The van der Waals surface area contributed by atoms with Gasteiger partial charge < -0.3 is 4.90 Å². The zero-order chi connectivity index (χ0) is 13.0. The first-order valence-electron chi connectivity index (χ1n) is 6.87. The van der Waals surface area contributed by atoms with Crippen LogP contribution in [0.25, 0.3) is 0 Å². The number of hydrogen-bond acceptors (Lipinski definition) is 2. The molecule has 0 aromatic heterocycles. The molecule has 3 unspecified atom stereocenters. The van der Waals surface area contributed by atoms with E-state index in [0.717, 1.165) is 37.0 Å². The van der Waals surface area contributed by atoms with Crippen LogP contribution in [-0.2, 0) is 0 Å². The lowest BCUT2D eigenvalue weighted by Gasteiger charge is -2.36. The monoisotopic (exact) mass is 242 g/mol. The summed E-state index contributed by atoms with van der Waals surface area (Å²) < 4.78 is 0. The fourth-order valence-electron chi connectivity index (χ4n) is 2.68. The van der Waals surface area contributed by atoms with Crippen molar-refractivity contribution in [3.05, 3.63) is 35.9 Å². The summed E-state index contributed by atoms with van der Waals surface area (Å²) >= 11 is 0. The first-order valence-corrected chi connectivity index (χ1v) is 6.87. The molecule has 0 amide bonds. The Labute approximate surface area is 110 Å². The smallest absolute Gasteiger partial charge is 0.0839 e. The van der Waals surface area contributed by atoms with Crippen molar-refractivity contribution >= 4 is 0 Å². The minimum absolute atomic E-state index is 0.00630. The minimum Gasteiger partial charge on any atom is -0.301 e. The molecule has 1 aromatic carbocycles. The molecule has 0 N–H and O–H groups in total. The second-order valence-corrected chi connectivity index (χ2v) is 5.60. The van der Waals surface area contributed by atoms with Crippen LogP contribution in [0.1, 0.15) is 31.7 Å². The zero-order valence-electron chi connectivity index (χ0n) is 11.3. The Morgan fingerprint density at radius 2 is 2.00 bits per heavy atom. The molecule has 1 fully saturated rings. The van der Waals surface area contributed by atoms with Gasteiger partial charge in [0.25, 0.3) is 0 Å². The maximum atomic E-state index is 9.35. The van der Waals surface area contributed by atoms with Crippen molar-refractivity contribution in [3.63, 3.8) is 0 Å². The van der Waals surface area contributed by atoms with Gasteiger partial charge in [0.05, 0.1) is 12.0 Å². The second-order valence-electron chi connectivity index (χ2n) is 5.60. The van der Waals surface area contributed by atoms with Crippen molar-refractivity contribution in [2.24, 2.45) is 11.8 Å². The van der Waals surface area contributed by atoms with E-state index in [2.05, 4.69) is 36.9 Å². The highest BCUT2D eigenvalue weighted by atomic mass is 15.1. The Morgan fingerprint density at radius 3 is 2.61 bits per heavy atom. The third kappa shape index (κ3) is 3.11. The van der Waals surface area contributed by atoms with Gasteiger partial charge in [0, 0.05) is 13.1 Å². The van der Waals surface area contributed by atoms with Crippen molar-refractivity contribution in [3.8, 4) is 6.07 Å². The first-order chi connectivity index (χ1) is 8.70. The van der Waals surface area contributed by atoms with Crippen LogP contribution in [0.4, 0.5) is 0 Å². The Bertz CT molecular complexity index is 407. The molecule has 0 aliphatic carbocycles. The van der Waals surface area contributed by atoms with Crippen molar-refractivity contribution < 1.29 is 0 Å². The van der Waals surface area contributed by atoms with Gasteiger partial charge in [-0.2, -0.15) is 5.26 Å². The van der Waals surface area contributed by atoms with Gasteiger partial charge in [-0.05, 0) is 30.4 Å². The first kappa shape index (κ1) is 13.1. The van der Waals surface area contributed by atoms with Crippen LogP contribution in [0.2, 0.25) is 0 Å². The second kappa shape index (κ2) is 6.02. The molecule has 1 aliphatic rings. The Morgan fingerprint density at radius 1 is 1.28 bits per heavy atom. The molecular weight excluding hydrogens is 220 g/mol. The number of hydrogen-bond donors (Lipinski definition) is 0. The minimum atomic E-state index is 0.00630. The molecule has 1 heterocycles. The fraction of sp³-hybridized carbons (Fsp3) is 0.562. The molecule has 96 valence electrons. The number of nitriles is 1. The molecule has 1 aromatic rings. The molecule has 1 saturated heterocycles. The van der Waals surface area contributed by atoms with Crippen molar-refractivity contribution in [2.75, 3.05) is 19.6 Å². The van der Waals surface area contributed by atoms with Crippen LogP contribution < -0.4 is 0 Å². The molecule has 0 radical (unpaired) electrons. The average Bonchev–Trinajstić information content (AvgIpc) is 2.41. The van der Waals surface area contributed by atoms with Gasteiger partial charge in [0.15, 0.2) is 0 Å². The highest BCUT2D eigenvalue weighted by Gasteiger charge is 2.24. The Balaban J connectivity index is 1.98. The van der Waals surface area contributed by atoms with Crippen LogP contribution in [-0.4, -0.2) is 24.5 Å². The van der Waals surface area contributed by atoms with E-state index in [4.69, 9.17) is 0 Å². The molecule has 18 heavy (non-hydrogen) atoms. The Kier molecular flexibility index (Phi) is 4.38. The summed E-state index contributed by atoms with van der Waals surface area (Å²) in [6.45, 7) is 7.79. The molecule has 0 bridgehead atoms. The van der Waals surface area contributed by atoms with Gasteiger partial charge in [-0.15, -0.1) is 0 Å². The predicted molar refractivity (Wildman–Crippen MR) is 74.2 cm³/mol. The van der Waals surface area contributed by atoms with E-state index in [1.807, 2.05) is 18.2 Å².